The van der Waals surface area contributed by atoms with Gasteiger partial charge in [0.2, 0.25) is 0 Å². The molecule has 0 aromatic carbocycles. The molecule has 1 amide bonds. The fourth-order valence-corrected chi connectivity index (χ4v) is 3.12. The van der Waals surface area contributed by atoms with Crippen LogP contribution in [0.2, 0.25) is 0 Å². The molecule has 3 N–H and O–H groups in total. The highest BCUT2D eigenvalue weighted by atomic mass is 32.1. The van der Waals surface area contributed by atoms with Crippen LogP contribution < -0.4 is 11.1 Å². The Morgan fingerprint density at radius 3 is 3.11 bits per heavy atom. The molecule has 5 nitrogen and oxygen atoms in total. The van der Waals surface area contributed by atoms with Crippen LogP contribution in [-0.4, -0.2) is 27.6 Å². The first kappa shape index (κ1) is 11.7. The summed E-state index contributed by atoms with van der Waals surface area (Å²) in [5.74, 6) is -0.0579. The molecule has 2 aromatic rings. The van der Waals surface area contributed by atoms with E-state index < -0.39 is 0 Å². The lowest BCUT2D eigenvalue weighted by molar-refractivity contribution is 0.0588. The summed E-state index contributed by atoms with van der Waals surface area (Å²) < 4.78 is 1.72. The molecule has 2 heterocycles. The minimum atomic E-state index is -0.0579. The van der Waals surface area contributed by atoms with E-state index in [-0.39, 0.29) is 23.4 Å². The molecule has 2 unspecified atom stereocenters. The average molecular weight is 264 g/mol. The predicted octanol–water partition coefficient (Wildman–Crippen LogP) is 1.25. The van der Waals surface area contributed by atoms with Crippen molar-refractivity contribution in [1.29, 1.82) is 0 Å². The van der Waals surface area contributed by atoms with Crippen LogP contribution in [0.4, 0.5) is 0 Å². The number of nitrogens with one attached hydrogen (secondary N) is 1. The number of amides is 1. The van der Waals surface area contributed by atoms with E-state index in [0.29, 0.717) is 5.56 Å². The van der Waals surface area contributed by atoms with Crippen molar-refractivity contribution >= 4 is 22.1 Å². The van der Waals surface area contributed by atoms with Gasteiger partial charge in [-0.05, 0) is 6.42 Å². The Hall–Kier alpha value is -1.40. The Balaban J connectivity index is 1.79. The van der Waals surface area contributed by atoms with Crippen molar-refractivity contribution in [3.05, 3.63) is 23.3 Å². The van der Waals surface area contributed by atoms with Gasteiger partial charge in [-0.1, -0.05) is 13.8 Å². The summed E-state index contributed by atoms with van der Waals surface area (Å²) in [6, 6.07) is 0.312. The molecule has 2 aromatic heterocycles. The molecule has 0 aliphatic heterocycles. The zero-order valence-electron chi connectivity index (χ0n) is 10.4. The zero-order chi connectivity index (χ0) is 12.9. The van der Waals surface area contributed by atoms with E-state index in [1.807, 2.05) is 11.6 Å². The smallest absolute Gasteiger partial charge is 0.256 e. The van der Waals surface area contributed by atoms with E-state index in [1.54, 1.807) is 10.7 Å². The highest BCUT2D eigenvalue weighted by Gasteiger charge is 2.46. The quantitative estimate of drug-likeness (QED) is 0.857. The second-order valence-electron chi connectivity index (χ2n) is 5.40. The van der Waals surface area contributed by atoms with Crippen molar-refractivity contribution in [2.45, 2.75) is 32.4 Å². The largest absolute Gasteiger partial charge is 0.349 e. The molecule has 1 saturated carbocycles. The average Bonchev–Trinajstić information content (AvgIpc) is 2.89. The maximum absolute atomic E-state index is 12.2. The third kappa shape index (κ3) is 1.56. The van der Waals surface area contributed by atoms with Crippen molar-refractivity contribution in [3.63, 3.8) is 0 Å². The molecule has 18 heavy (non-hydrogen) atoms. The van der Waals surface area contributed by atoms with Crippen molar-refractivity contribution in [2.75, 3.05) is 0 Å². The summed E-state index contributed by atoms with van der Waals surface area (Å²) in [7, 11) is 0. The second-order valence-corrected chi connectivity index (χ2v) is 6.30. The molecular formula is C12H16N4OS. The summed E-state index contributed by atoms with van der Waals surface area (Å²) >= 11 is 1.52. The normalized spacial score (nSPS) is 25.9. The number of nitrogens with two attached hydrogens (primary N) is 1. The van der Waals surface area contributed by atoms with E-state index in [0.717, 1.165) is 11.3 Å². The fraction of sp³-hybridized carbons (Fsp3) is 0.500. The van der Waals surface area contributed by atoms with Crippen LogP contribution in [0, 0.1) is 5.41 Å². The van der Waals surface area contributed by atoms with Gasteiger partial charge in [0.15, 0.2) is 0 Å². The summed E-state index contributed by atoms with van der Waals surface area (Å²) in [4.78, 5) is 13.1. The minimum absolute atomic E-state index is 0.0304. The first-order valence-electron chi connectivity index (χ1n) is 5.97. The molecule has 3 rings (SSSR count). The number of hydrogen-bond acceptors (Lipinski definition) is 4. The number of nitrogens with zero attached hydrogens (tertiary/aromatic N) is 2. The van der Waals surface area contributed by atoms with Gasteiger partial charge in [-0.3, -0.25) is 4.79 Å². The third-order valence-electron chi connectivity index (χ3n) is 4.02. The SMILES string of the molecule is CC1(C)C(N)CC1NC(=O)c1cnn2ccsc12. The monoisotopic (exact) mass is 264 g/mol. The van der Waals surface area contributed by atoms with Crippen LogP contribution >= 0.6 is 11.3 Å². The summed E-state index contributed by atoms with van der Waals surface area (Å²) in [5.41, 5.74) is 6.56. The zero-order valence-corrected chi connectivity index (χ0v) is 11.2. The summed E-state index contributed by atoms with van der Waals surface area (Å²) in [5, 5.41) is 9.12. The number of thiazole rings is 1. The Morgan fingerprint density at radius 2 is 2.44 bits per heavy atom. The summed E-state index contributed by atoms with van der Waals surface area (Å²) in [6.45, 7) is 4.18. The van der Waals surface area contributed by atoms with Crippen molar-refractivity contribution < 1.29 is 4.79 Å². The van der Waals surface area contributed by atoms with E-state index in [9.17, 15) is 4.79 Å². The third-order valence-corrected chi connectivity index (χ3v) is 4.91. The van der Waals surface area contributed by atoms with Crippen molar-refractivity contribution in [3.8, 4) is 0 Å². The predicted molar refractivity (Wildman–Crippen MR) is 70.7 cm³/mol. The van der Waals surface area contributed by atoms with Crippen LogP contribution in [0.5, 0.6) is 0 Å². The van der Waals surface area contributed by atoms with E-state index in [2.05, 4.69) is 24.3 Å². The van der Waals surface area contributed by atoms with Gasteiger partial charge in [0, 0.05) is 29.1 Å². The van der Waals surface area contributed by atoms with Gasteiger partial charge in [0.25, 0.3) is 5.91 Å². The number of carbonyl (C=O) groups excluding carboxylic acids is 1. The van der Waals surface area contributed by atoms with Crippen molar-refractivity contribution in [1.82, 2.24) is 14.9 Å². The Morgan fingerprint density at radius 1 is 1.67 bits per heavy atom. The van der Waals surface area contributed by atoms with Gasteiger partial charge >= 0.3 is 0 Å². The molecule has 1 aliphatic carbocycles. The van der Waals surface area contributed by atoms with Gasteiger partial charge in [-0.25, -0.2) is 4.52 Å². The first-order valence-corrected chi connectivity index (χ1v) is 6.85. The molecule has 0 radical (unpaired) electrons. The first-order chi connectivity index (χ1) is 8.50. The number of rotatable bonds is 2. The van der Waals surface area contributed by atoms with Crippen LogP contribution in [0.3, 0.4) is 0 Å². The van der Waals surface area contributed by atoms with E-state index >= 15 is 0 Å². The maximum Gasteiger partial charge on any atom is 0.256 e. The number of aromatic nitrogens is 2. The molecule has 0 spiro atoms. The molecule has 96 valence electrons. The number of fused-ring (bicyclic) bond motifs is 1. The molecule has 2 atom stereocenters. The lowest BCUT2D eigenvalue weighted by atomic mass is 9.63. The topological polar surface area (TPSA) is 72.4 Å². The van der Waals surface area contributed by atoms with Gasteiger partial charge in [0.05, 0.1) is 11.8 Å². The highest BCUT2D eigenvalue weighted by Crippen LogP contribution is 2.39. The number of hydrogen-bond donors (Lipinski definition) is 2. The van der Waals surface area contributed by atoms with Crippen LogP contribution in [0.15, 0.2) is 17.8 Å². The van der Waals surface area contributed by atoms with Gasteiger partial charge in [0.1, 0.15) is 4.83 Å². The molecule has 0 saturated heterocycles. The Bertz CT molecular complexity index is 600. The Kier molecular flexibility index (Phi) is 2.46. The molecular weight excluding hydrogens is 248 g/mol. The molecule has 1 fully saturated rings. The van der Waals surface area contributed by atoms with Crippen LogP contribution in [0.1, 0.15) is 30.6 Å². The lowest BCUT2D eigenvalue weighted by Crippen LogP contribution is -2.64. The maximum atomic E-state index is 12.2. The van der Waals surface area contributed by atoms with Gasteiger partial charge < -0.3 is 11.1 Å². The molecule has 0 bridgehead atoms. The highest BCUT2D eigenvalue weighted by molar-refractivity contribution is 7.15. The standard InChI is InChI=1S/C12H16N4OS/c1-12(2)8(13)5-9(12)15-10(17)7-6-14-16-3-4-18-11(7)16/h3-4,6,8-9H,5,13H2,1-2H3,(H,15,17). The Labute approximate surface area is 109 Å². The molecule has 6 heteroatoms. The van der Waals surface area contributed by atoms with Gasteiger partial charge in [-0.2, -0.15) is 5.10 Å². The van der Waals surface area contributed by atoms with Crippen molar-refractivity contribution in [2.24, 2.45) is 11.1 Å². The summed E-state index contributed by atoms with van der Waals surface area (Å²) in [6.07, 6.45) is 4.31. The van der Waals surface area contributed by atoms with Crippen LogP contribution in [-0.2, 0) is 0 Å². The second kappa shape index (κ2) is 3.80. The number of carbonyl (C=O) groups is 1. The van der Waals surface area contributed by atoms with E-state index in [1.165, 1.54) is 11.3 Å². The van der Waals surface area contributed by atoms with Crippen LogP contribution in [0.25, 0.3) is 4.83 Å². The van der Waals surface area contributed by atoms with Gasteiger partial charge in [-0.15, -0.1) is 11.3 Å². The minimum Gasteiger partial charge on any atom is -0.349 e. The molecule has 1 aliphatic rings. The lowest BCUT2D eigenvalue weighted by Gasteiger charge is -2.50. The fourth-order valence-electron chi connectivity index (χ4n) is 2.32. The van der Waals surface area contributed by atoms with E-state index in [4.69, 9.17) is 5.73 Å².